The molecule has 1 atom stereocenters. The van der Waals surface area contributed by atoms with Gasteiger partial charge in [-0.25, -0.2) is 4.79 Å². The first-order valence-electron chi connectivity index (χ1n) is 8.04. The smallest absolute Gasteiger partial charge is 0.337 e. The number of methoxy groups -OCH3 is 1. The van der Waals surface area contributed by atoms with Gasteiger partial charge in [0, 0.05) is 11.4 Å². The van der Waals surface area contributed by atoms with E-state index in [4.69, 9.17) is 17.0 Å². The van der Waals surface area contributed by atoms with Crippen LogP contribution < -0.4 is 10.2 Å². The quantitative estimate of drug-likeness (QED) is 0.671. The summed E-state index contributed by atoms with van der Waals surface area (Å²) in [5.74, 6) is -0.363. The van der Waals surface area contributed by atoms with Crippen molar-refractivity contribution >= 4 is 29.0 Å². The Morgan fingerprint density at radius 3 is 2.32 bits per heavy atom. The van der Waals surface area contributed by atoms with Gasteiger partial charge in [-0.2, -0.15) is 0 Å². The minimum absolute atomic E-state index is 0.331. The lowest BCUT2D eigenvalue weighted by Gasteiger charge is -2.37. The van der Waals surface area contributed by atoms with Gasteiger partial charge in [0.25, 0.3) is 0 Å². The van der Waals surface area contributed by atoms with Crippen molar-refractivity contribution in [2.24, 2.45) is 0 Å². The minimum Gasteiger partial charge on any atom is -0.466 e. The molecule has 0 spiro atoms. The van der Waals surface area contributed by atoms with Crippen molar-refractivity contribution in [2.45, 2.75) is 19.9 Å². The number of carbonyl (C=O) groups is 1. The molecule has 0 unspecified atom stereocenters. The molecule has 0 aromatic heterocycles. The number of anilines is 1. The van der Waals surface area contributed by atoms with Crippen molar-refractivity contribution in [2.75, 3.05) is 12.0 Å². The molecule has 25 heavy (non-hydrogen) atoms. The van der Waals surface area contributed by atoms with Crippen molar-refractivity contribution in [1.82, 2.24) is 5.32 Å². The van der Waals surface area contributed by atoms with E-state index in [0.29, 0.717) is 10.7 Å². The highest BCUT2D eigenvalue weighted by molar-refractivity contribution is 7.80. The molecule has 0 saturated heterocycles. The number of aryl methyl sites for hydroxylation is 1. The number of thiocarbonyl (C=S) groups is 1. The van der Waals surface area contributed by atoms with Crippen LogP contribution in [-0.2, 0) is 9.53 Å². The third-order valence-corrected chi connectivity index (χ3v) is 4.62. The van der Waals surface area contributed by atoms with Crippen LogP contribution >= 0.6 is 12.2 Å². The Morgan fingerprint density at radius 2 is 1.72 bits per heavy atom. The Balaban J connectivity index is 2.12. The highest BCUT2D eigenvalue weighted by Crippen LogP contribution is 2.34. The highest BCUT2D eigenvalue weighted by Gasteiger charge is 2.35. The van der Waals surface area contributed by atoms with Gasteiger partial charge in [0.1, 0.15) is 0 Å². The molecule has 3 rings (SSSR count). The van der Waals surface area contributed by atoms with Gasteiger partial charge in [-0.1, -0.05) is 48.0 Å². The molecule has 2 aromatic rings. The van der Waals surface area contributed by atoms with Crippen molar-refractivity contribution in [3.05, 3.63) is 77.0 Å². The molecule has 1 heterocycles. The predicted molar refractivity (Wildman–Crippen MR) is 103 cm³/mol. The zero-order chi connectivity index (χ0) is 18.0. The number of hydrogen-bond donors (Lipinski definition) is 1. The monoisotopic (exact) mass is 352 g/mol. The van der Waals surface area contributed by atoms with Crippen LogP contribution in [0, 0.1) is 6.92 Å². The first kappa shape index (κ1) is 17.2. The lowest BCUT2D eigenvalue weighted by Crippen LogP contribution is -2.48. The maximum Gasteiger partial charge on any atom is 0.337 e. The second-order valence-corrected chi connectivity index (χ2v) is 6.34. The fraction of sp³-hybridized carbons (Fsp3) is 0.200. The number of ether oxygens (including phenoxy) is 1. The molecule has 0 fully saturated rings. The molecule has 0 amide bonds. The van der Waals surface area contributed by atoms with Crippen LogP contribution in [0.1, 0.15) is 24.1 Å². The SMILES string of the molecule is COC(=O)C1=C(C)N(c2ccc(C)cc2)C(=S)N[C@H]1c1ccccc1. The van der Waals surface area contributed by atoms with E-state index in [9.17, 15) is 4.79 Å². The third-order valence-electron chi connectivity index (χ3n) is 4.32. The maximum absolute atomic E-state index is 12.5. The molecule has 1 N–H and O–H groups in total. The topological polar surface area (TPSA) is 41.6 Å². The second kappa shape index (κ2) is 7.07. The molecule has 5 heteroatoms. The van der Waals surface area contributed by atoms with Crippen molar-refractivity contribution in [3.63, 3.8) is 0 Å². The molecule has 1 aliphatic rings. The van der Waals surface area contributed by atoms with Gasteiger partial charge >= 0.3 is 5.97 Å². The van der Waals surface area contributed by atoms with Gasteiger partial charge in [0.2, 0.25) is 0 Å². The van der Waals surface area contributed by atoms with Crippen LogP contribution in [0.25, 0.3) is 0 Å². The van der Waals surface area contributed by atoms with E-state index in [2.05, 4.69) is 5.32 Å². The standard InChI is InChI=1S/C20H20N2O2S/c1-13-9-11-16(12-10-13)22-14(2)17(19(23)24-3)18(21-20(22)25)15-7-5-4-6-8-15/h4-12,18H,1-3H3,(H,21,25)/t18-/m0/s1. The summed E-state index contributed by atoms with van der Waals surface area (Å²) < 4.78 is 5.04. The minimum atomic E-state index is -0.363. The van der Waals surface area contributed by atoms with E-state index in [1.807, 2.05) is 73.3 Å². The lowest BCUT2D eigenvalue weighted by molar-refractivity contribution is -0.136. The van der Waals surface area contributed by atoms with E-state index < -0.39 is 0 Å². The molecule has 4 nitrogen and oxygen atoms in total. The van der Waals surface area contributed by atoms with E-state index in [0.717, 1.165) is 22.5 Å². The molecule has 0 saturated carbocycles. The Morgan fingerprint density at radius 1 is 1.08 bits per heavy atom. The second-order valence-electron chi connectivity index (χ2n) is 5.95. The number of nitrogens with one attached hydrogen (secondary N) is 1. The van der Waals surface area contributed by atoms with Crippen molar-refractivity contribution in [3.8, 4) is 0 Å². The third kappa shape index (κ3) is 3.28. The molecule has 0 radical (unpaired) electrons. The van der Waals surface area contributed by atoms with E-state index >= 15 is 0 Å². The fourth-order valence-electron chi connectivity index (χ4n) is 3.02. The number of rotatable bonds is 3. The normalized spacial score (nSPS) is 17.3. The Bertz CT molecular complexity index is 829. The number of nitrogens with zero attached hydrogens (tertiary/aromatic N) is 1. The van der Waals surface area contributed by atoms with Crippen molar-refractivity contribution < 1.29 is 9.53 Å². The van der Waals surface area contributed by atoms with Crippen LogP contribution in [0.5, 0.6) is 0 Å². The summed E-state index contributed by atoms with van der Waals surface area (Å²) >= 11 is 5.60. The van der Waals surface area contributed by atoms with Crippen LogP contribution in [0.2, 0.25) is 0 Å². The lowest BCUT2D eigenvalue weighted by atomic mass is 9.95. The summed E-state index contributed by atoms with van der Waals surface area (Å²) in [5.41, 5.74) is 4.37. The Hall–Kier alpha value is -2.66. The summed E-state index contributed by atoms with van der Waals surface area (Å²) in [4.78, 5) is 14.4. The average Bonchev–Trinajstić information content (AvgIpc) is 2.63. The van der Waals surface area contributed by atoms with Gasteiger partial charge in [-0.15, -0.1) is 0 Å². The molecular weight excluding hydrogens is 332 g/mol. The van der Waals surface area contributed by atoms with Gasteiger partial charge in [-0.05, 0) is 43.8 Å². The summed E-state index contributed by atoms with van der Waals surface area (Å²) in [6.07, 6.45) is 0. The summed E-state index contributed by atoms with van der Waals surface area (Å²) in [7, 11) is 1.40. The zero-order valence-corrected chi connectivity index (χ0v) is 15.3. The van der Waals surface area contributed by atoms with Gasteiger partial charge in [0.15, 0.2) is 5.11 Å². The van der Waals surface area contributed by atoms with Gasteiger partial charge < -0.3 is 10.1 Å². The first-order chi connectivity index (χ1) is 12.0. The van der Waals surface area contributed by atoms with Crippen LogP contribution in [0.3, 0.4) is 0 Å². The molecular formula is C20H20N2O2S. The number of hydrogen-bond acceptors (Lipinski definition) is 3. The molecule has 128 valence electrons. The summed E-state index contributed by atoms with van der Waals surface area (Å²) in [5, 5.41) is 3.85. The summed E-state index contributed by atoms with van der Waals surface area (Å²) in [6, 6.07) is 17.5. The highest BCUT2D eigenvalue weighted by atomic mass is 32.1. The molecule has 0 bridgehead atoms. The van der Waals surface area contributed by atoms with Gasteiger partial charge in [0.05, 0.1) is 18.7 Å². The van der Waals surface area contributed by atoms with Gasteiger partial charge in [-0.3, -0.25) is 4.90 Å². The van der Waals surface area contributed by atoms with Crippen molar-refractivity contribution in [1.29, 1.82) is 0 Å². The Kier molecular flexibility index (Phi) is 4.86. The van der Waals surface area contributed by atoms with E-state index in [1.54, 1.807) is 0 Å². The zero-order valence-electron chi connectivity index (χ0n) is 14.4. The largest absolute Gasteiger partial charge is 0.466 e. The molecule has 2 aromatic carbocycles. The van der Waals surface area contributed by atoms with Crippen LogP contribution in [0.4, 0.5) is 5.69 Å². The summed E-state index contributed by atoms with van der Waals surface area (Å²) in [6.45, 7) is 3.93. The number of carbonyl (C=O) groups excluding carboxylic acids is 1. The number of benzene rings is 2. The maximum atomic E-state index is 12.5. The Labute approximate surface area is 153 Å². The van der Waals surface area contributed by atoms with E-state index in [-0.39, 0.29) is 12.0 Å². The fourth-order valence-corrected chi connectivity index (χ4v) is 3.38. The first-order valence-corrected chi connectivity index (χ1v) is 8.45. The number of esters is 1. The number of allylic oxidation sites excluding steroid dienone is 1. The molecule has 1 aliphatic heterocycles. The molecule has 0 aliphatic carbocycles. The average molecular weight is 352 g/mol. The predicted octanol–water partition coefficient (Wildman–Crippen LogP) is 3.88. The van der Waals surface area contributed by atoms with E-state index in [1.165, 1.54) is 7.11 Å². The van der Waals surface area contributed by atoms with Crippen LogP contribution in [0.15, 0.2) is 65.9 Å². The van der Waals surface area contributed by atoms with Crippen LogP contribution in [-0.4, -0.2) is 18.2 Å².